The molecule has 2 nitrogen and oxygen atoms in total. The van der Waals surface area contributed by atoms with Crippen molar-refractivity contribution in [2.75, 3.05) is 14.1 Å². The third-order valence-electron chi connectivity index (χ3n) is 1.96. The molecule has 1 amide bonds. The summed E-state index contributed by atoms with van der Waals surface area (Å²) >= 11 is 3.98. The van der Waals surface area contributed by atoms with Crippen LogP contribution in [-0.4, -0.2) is 25.4 Å². The zero-order valence-corrected chi connectivity index (χ0v) is 10.8. The molecule has 84 valence electrons. The maximum Gasteiger partial charge on any atom is 0.209 e. The van der Waals surface area contributed by atoms with E-state index in [1.807, 2.05) is 5.41 Å². The van der Waals surface area contributed by atoms with E-state index in [1.54, 1.807) is 14.1 Å². The lowest BCUT2D eigenvalue weighted by atomic mass is 9.95. The molecule has 14 heavy (non-hydrogen) atoms. The largest absolute Gasteiger partial charge is 0.351 e. The van der Waals surface area contributed by atoms with E-state index in [4.69, 9.17) is 0 Å². The molecule has 0 aliphatic rings. The summed E-state index contributed by atoms with van der Waals surface area (Å²) < 4.78 is 0. The van der Waals surface area contributed by atoms with Gasteiger partial charge in [-0.3, -0.25) is 4.79 Å². The second kappa shape index (κ2) is 10.6. The highest BCUT2D eigenvalue weighted by molar-refractivity contribution is 7.83. The van der Waals surface area contributed by atoms with E-state index in [0.29, 0.717) is 0 Å². The third-order valence-corrected chi connectivity index (χ3v) is 2.17. The average Bonchev–Trinajstić information content (AvgIpc) is 2.14. The highest BCUT2D eigenvalue weighted by Gasteiger charge is 2.02. The fourth-order valence-corrected chi connectivity index (χ4v) is 0.669. The molecule has 0 saturated heterocycles. The fourth-order valence-electron chi connectivity index (χ4n) is 0.548. The van der Waals surface area contributed by atoms with Gasteiger partial charge in [-0.15, -0.1) is 0 Å². The highest BCUT2D eigenvalue weighted by Crippen LogP contribution is 2.13. The number of allylic oxidation sites excluding steroid dienone is 1. The molecular formula is C11H23NOS. The molecule has 0 aromatic rings. The smallest absolute Gasteiger partial charge is 0.209 e. The quantitative estimate of drug-likeness (QED) is 0.567. The molecule has 0 aliphatic carbocycles. The van der Waals surface area contributed by atoms with E-state index in [2.05, 4.69) is 39.5 Å². The number of hydrogen-bond acceptors (Lipinski definition) is 2. The lowest BCUT2D eigenvalue weighted by Crippen LogP contribution is -2.06. The zero-order chi connectivity index (χ0) is 11.6. The molecule has 0 saturated carbocycles. The van der Waals surface area contributed by atoms with Gasteiger partial charge in [-0.1, -0.05) is 26.8 Å². The third kappa shape index (κ3) is 14.1. The van der Waals surface area contributed by atoms with Crippen LogP contribution in [0, 0.1) is 11.8 Å². The van der Waals surface area contributed by atoms with E-state index in [0.717, 1.165) is 24.7 Å². The van der Waals surface area contributed by atoms with Crippen molar-refractivity contribution in [3.8, 4) is 0 Å². The molecule has 0 aromatic heterocycles. The topological polar surface area (TPSA) is 20.3 Å². The number of carbonyl (C=O) groups excluding carboxylic acids is 1. The average molecular weight is 217 g/mol. The standard InChI is InChI=1S/C8H16S.C3H7NO/c1-7(2)8(3)5-4-6-9;1-4(2)3-5/h4,6-9H,5H2,1-3H3;3H,1-2H3/b6-4+;. The number of carbonyl (C=O) groups is 1. The van der Waals surface area contributed by atoms with Gasteiger partial charge in [0.2, 0.25) is 6.41 Å². The van der Waals surface area contributed by atoms with Crippen LogP contribution in [0.4, 0.5) is 0 Å². The Hall–Kier alpha value is -0.440. The Morgan fingerprint density at radius 2 is 1.71 bits per heavy atom. The number of amides is 1. The molecule has 0 rings (SSSR count). The van der Waals surface area contributed by atoms with Gasteiger partial charge in [-0.2, -0.15) is 12.6 Å². The second-order valence-electron chi connectivity index (χ2n) is 3.91. The van der Waals surface area contributed by atoms with E-state index in [1.165, 1.54) is 4.90 Å². The van der Waals surface area contributed by atoms with Crippen molar-refractivity contribution < 1.29 is 4.79 Å². The summed E-state index contributed by atoms with van der Waals surface area (Å²) in [5, 5.41) is 1.82. The summed E-state index contributed by atoms with van der Waals surface area (Å²) in [7, 11) is 3.38. The summed E-state index contributed by atoms with van der Waals surface area (Å²) in [6.07, 6.45) is 4.01. The summed E-state index contributed by atoms with van der Waals surface area (Å²) in [6.45, 7) is 6.76. The maximum absolute atomic E-state index is 9.43. The summed E-state index contributed by atoms with van der Waals surface area (Å²) in [5.41, 5.74) is 0. The molecule has 0 radical (unpaired) electrons. The van der Waals surface area contributed by atoms with Gasteiger partial charge in [0.1, 0.15) is 0 Å². The van der Waals surface area contributed by atoms with Crippen LogP contribution in [0.5, 0.6) is 0 Å². The summed E-state index contributed by atoms with van der Waals surface area (Å²) in [4.78, 5) is 10.9. The molecule has 0 spiro atoms. The Bertz CT molecular complexity index is 155. The molecule has 3 heteroatoms. The first kappa shape index (κ1) is 16.0. The highest BCUT2D eigenvalue weighted by atomic mass is 32.1. The molecule has 0 fully saturated rings. The zero-order valence-electron chi connectivity index (χ0n) is 9.90. The van der Waals surface area contributed by atoms with E-state index in [-0.39, 0.29) is 0 Å². The van der Waals surface area contributed by atoms with Crippen LogP contribution >= 0.6 is 12.6 Å². The van der Waals surface area contributed by atoms with Gasteiger partial charge in [-0.25, -0.2) is 0 Å². The number of thiol groups is 1. The Morgan fingerprint density at radius 1 is 1.29 bits per heavy atom. The van der Waals surface area contributed by atoms with Crippen molar-refractivity contribution in [2.24, 2.45) is 11.8 Å². The van der Waals surface area contributed by atoms with Crippen LogP contribution in [-0.2, 0) is 4.79 Å². The van der Waals surface area contributed by atoms with Crippen LogP contribution in [0.25, 0.3) is 0 Å². The number of hydrogen-bond donors (Lipinski definition) is 1. The first-order valence-corrected chi connectivity index (χ1v) is 5.38. The predicted octanol–water partition coefficient (Wildman–Crippen LogP) is 2.82. The molecular weight excluding hydrogens is 194 g/mol. The van der Waals surface area contributed by atoms with Crippen molar-refractivity contribution in [3.63, 3.8) is 0 Å². The van der Waals surface area contributed by atoms with E-state index in [9.17, 15) is 4.79 Å². The van der Waals surface area contributed by atoms with Gasteiger partial charge in [0.25, 0.3) is 0 Å². The minimum Gasteiger partial charge on any atom is -0.351 e. The molecule has 0 heterocycles. The molecule has 1 unspecified atom stereocenters. The lowest BCUT2D eigenvalue weighted by Gasteiger charge is -2.11. The van der Waals surface area contributed by atoms with Crippen molar-refractivity contribution in [1.82, 2.24) is 4.90 Å². The fraction of sp³-hybridized carbons (Fsp3) is 0.727. The van der Waals surface area contributed by atoms with E-state index < -0.39 is 0 Å². The first-order valence-electron chi connectivity index (χ1n) is 4.86. The van der Waals surface area contributed by atoms with Crippen molar-refractivity contribution in [3.05, 3.63) is 11.5 Å². The second-order valence-corrected chi connectivity index (χ2v) is 4.21. The van der Waals surface area contributed by atoms with Gasteiger partial charge in [-0.05, 0) is 23.7 Å². The Morgan fingerprint density at radius 3 is 1.93 bits per heavy atom. The van der Waals surface area contributed by atoms with Crippen LogP contribution in [0.3, 0.4) is 0 Å². The van der Waals surface area contributed by atoms with Crippen LogP contribution in [0.15, 0.2) is 11.5 Å². The first-order chi connectivity index (χ1) is 6.45. The number of rotatable bonds is 4. The van der Waals surface area contributed by atoms with Crippen LogP contribution < -0.4 is 0 Å². The van der Waals surface area contributed by atoms with E-state index >= 15 is 0 Å². The van der Waals surface area contributed by atoms with Crippen molar-refractivity contribution in [1.29, 1.82) is 0 Å². The minimum absolute atomic E-state index is 0.750. The maximum atomic E-state index is 9.43. The molecule has 1 atom stereocenters. The SMILES string of the molecule is CC(C)C(C)C/C=C/S.CN(C)C=O. The van der Waals surface area contributed by atoms with Crippen molar-refractivity contribution >= 4 is 19.0 Å². The van der Waals surface area contributed by atoms with Gasteiger partial charge < -0.3 is 4.90 Å². The predicted molar refractivity (Wildman–Crippen MR) is 66.5 cm³/mol. The monoisotopic (exact) mass is 217 g/mol. The van der Waals surface area contributed by atoms with Crippen LogP contribution in [0.2, 0.25) is 0 Å². The summed E-state index contributed by atoms with van der Waals surface area (Å²) in [5.74, 6) is 1.57. The normalized spacial score (nSPS) is 12.2. The van der Waals surface area contributed by atoms with Gasteiger partial charge in [0.05, 0.1) is 0 Å². The minimum atomic E-state index is 0.750. The molecule has 0 N–H and O–H groups in total. The van der Waals surface area contributed by atoms with Crippen molar-refractivity contribution in [2.45, 2.75) is 27.2 Å². The van der Waals surface area contributed by atoms with Gasteiger partial charge in [0.15, 0.2) is 0 Å². The molecule has 0 bridgehead atoms. The lowest BCUT2D eigenvalue weighted by molar-refractivity contribution is -0.115. The molecule has 0 aromatic carbocycles. The Kier molecular flexibility index (Phi) is 12.2. The van der Waals surface area contributed by atoms with Gasteiger partial charge in [0, 0.05) is 14.1 Å². The van der Waals surface area contributed by atoms with Gasteiger partial charge >= 0.3 is 0 Å². The Balaban J connectivity index is 0. The van der Waals surface area contributed by atoms with Crippen LogP contribution in [0.1, 0.15) is 27.2 Å². The Labute approximate surface area is 93.8 Å². The molecule has 0 aliphatic heterocycles. The number of nitrogens with zero attached hydrogens (tertiary/aromatic N) is 1. The summed E-state index contributed by atoms with van der Waals surface area (Å²) in [6, 6.07) is 0.